The summed E-state index contributed by atoms with van der Waals surface area (Å²) in [6.45, 7) is 2.38. The van der Waals surface area contributed by atoms with Crippen LogP contribution in [0.25, 0.3) is 0 Å². The van der Waals surface area contributed by atoms with Gasteiger partial charge in [0.25, 0.3) is 0 Å². The number of hydrogen-bond donors (Lipinski definition) is 15. The zero-order valence-corrected chi connectivity index (χ0v) is 51.0. The van der Waals surface area contributed by atoms with Crippen LogP contribution in [0, 0.1) is 0 Å². The second-order valence-corrected chi connectivity index (χ2v) is 23.9. The molecule has 474 valence electrons. The summed E-state index contributed by atoms with van der Waals surface area (Å²) in [5, 5.41) is 57.9. The number of nitrogens with two attached hydrogens (primary N) is 2. The summed E-state index contributed by atoms with van der Waals surface area (Å²) in [4.78, 5) is 152. The van der Waals surface area contributed by atoms with E-state index in [1.54, 1.807) is 43.4 Å². The third-order valence-electron chi connectivity index (χ3n) is 13.8. The van der Waals surface area contributed by atoms with Gasteiger partial charge in [-0.3, -0.25) is 52.7 Å². The Morgan fingerprint density at radius 1 is 0.648 bits per heavy atom. The highest BCUT2D eigenvalue weighted by Crippen LogP contribution is 2.25. The van der Waals surface area contributed by atoms with Crippen molar-refractivity contribution >= 4 is 98.2 Å². The molecule has 88 heavy (non-hydrogen) atoms. The van der Waals surface area contributed by atoms with Crippen LogP contribution in [0.2, 0.25) is 5.02 Å². The van der Waals surface area contributed by atoms with Crippen molar-refractivity contribution in [3.8, 4) is 11.5 Å². The Kier molecular flexibility index (Phi) is 28.3. The van der Waals surface area contributed by atoms with Crippen LogP contribution in [0.4, 0.5) is 0 Å². The molecule has 26 nitrogen and oxygen atoms in total. The number of benzene rings is 4. The van der Waals surface area contributed by atoms with Gasteiger partial charge in [0.1, 0.15) is 59.8 Å². The molecular weight excluding hydrogens is 1200 g/mol. The van der Waals surface area contributed by atoms with Gasteiger partial charge in [-0.1, -0.05) is 81.7 Å². The number of primary amides is 2. The van der Waals surface area contributed by atoms with E-state index in [1.807, 2.05) is 0 Å². The minimum Gasteiger partial charge on any atom is -0.508 e. The Hall–Kier alpha value is -8.44. The lowest BCUT2D eigenvalue weighted by molar-refractivity contribution is -0.136. The van der Waals surface area contributed by atoms with Crippen molar-refractivity contribution in [1.82, 2.24) is 53.2 Å². The predicted octanol–water partition coefficient (Wildman–Crippen LogP) is -0.824. The Balaban J connectivity index is 1.62. The molecule has 1 saturated heterocycles. The molecular formula is C59H75ClN12O14S2. The molecule has 17 N–H and O–H groups in total. The number of phenolic OH excluding ortho intramolecular Hbond substituents is 2. The van der Waals surface area contributed by atoms with Crippen molar-refractivity contribution in [1.29, 1.82) is 0 Å². The number of aliphatic hydroxyl groups is 1. The van der Waals surface area contributed by atoms with Gasteiger partial charge < -0.3 is 80.0 Å². The monoisotopic (exact) mass is 1270 g/mol. The summed E-state index contributed by atoms with van der Waals surface area (Å²) in [6, 6.07) is 11.6. The van der Waals surface area contributed by atoms with Crippen LogP contribution in [0.3, 0.4) is 0 Å². The smallest absolute Gasteiger partial charge is 0.248 e. The quantitative estimate of drug-likeness (QED) is 0.0301. The number of carbonyl (C=O) groups is 11. The number of nitrogens with one attached hydrogen (secondary N) is 10. The van der Waals surface area contributed by atoms with Crippen molar-refractivity contribution in [3.63, 3.8) is 0 Å². The molecule has 0 saturated carbocycles. The topological polar surface area (TPSA) is 421 Å². The van der Waals surface area contributed by atoms with Gasteiger partial charge in [-0.25, -0.2) is 0 Å². The van der Waals surface area contributed by atoms with E-state index in [4.69, 9.17) is 23.1 Å². The third kappa shape index (κ3) is 23.7. The first-order valence-corrected chi connectivity index (χ1v) is 31.0. The number of carbonyl (C=O) groups excluding carboxylic acids is 11. The van der Waals surface area contributed by atoms with E-state index in [2.05, 4.69) is 53.2 Å². The molecule has 0 unspecified atom stereocenters. The number of aromatic hydroxyl groups is 2. The standard InChI is InChI=1S/C59H75ClN12O14S2/c1-32(73)50-59(86)71-48(57(84)66-42(52(62)79)24-15-34-11-20-40(75)21-12-34)31-88-87-30-47(70-54(81)44(65-49(77)29-64-33(2)74)26-36-9-18-39(60)19-10-36)58(85)69-46(28-37-13-22-41(76)23-14-37)56(83)68-45(27-35-7-16-38(17-8-35)51(61)78)55(82)67-43(53(80)72-50)6-4-5-25-63-3/h7-14,16-23,32,42-48,50,63,73,75-76H,4-6,15,24-31H2,1-3H3,(H2,61,78)(H2,62,79)(H,64,74)(H,65,77)(H,66,84)(H,67,82)(H,68,83)(H,69,85)(H,70,81)(H,71,86)(H,72,80)/t32-,42-,43+,44+,45-,46+,47-,48+,50+/m1/s1. The number of aliphatic hydroxyl groups excluding tert-OH is 1. The van der Waals surface area contributed by atoms with E-state index in [0.717, 1.165) is 21.6 Å². The molecule has 0 radical (unpaired) electrons. The van der Waals surface area contributed by atoms with E-state index >= 15 is 0 Å². The fraction of sp³-hybridized carbons (Fsp3) is 0.407. The first-order valence-electron chi connectivity index (χ1n) is 28.1. The molecule has 0 spiro atoms. The van der Waals surface area contributed by atoms with Gasteiger partial charge in [-0.05, 0) is 123 Å². The first kappa shape index (κ1) is 70.3. The van der Waals surface area contributed by atoms with Crippen LogP contribution in [0.5, 0.6) is 11.5 Å². The molecule has 9 atom stereocenters. The fourth-order valence-electron chi connectivity index (χ4n) is 8.90. The van der Waals surface area contributed by atoms with Crippen LogP contribution < -0.4 is 64.6 Å². The van der Waals surface area contributed by atoms with Gasteiger partial charge >= 0.3 is 0 Å². The van der Waals surface area contributed by atoms with Gasteiger partial charge in [0.05, 0.1) is 12.6 Å². The SMILES string of the molecule is CNCCCC[C@@H]1NC(=O)[C@@H](Cc2ccc(C(N)=O)cc2)NC(=O)[C@H](Cc2ccc(O)cc2)NC(=O)[C@H](NC(=O)[C@H](Cc2ccc(Cl)cc2)NC(=O)CNC(C)=O)CSSC[C@@H](C(=O)N[C@H](CCc2ccc(O)cc2)C(N)=O)NC(=O)[C@H]([C@@H](C)O)NC1=O. The first-order chi connectivity index (χ1) is 41.9. The van der Waals surface area contributed by atoms with E-state index in [0.29, 0.717) is 46.7 Å². The molecule has 1 aliphatic rings. The fourth-order valence-corrected chi connectivity index (χ4v) is 11.4. The molecule has 4 aromatic carbocycles. The molecule has 5 rings (SSSR count). The van der Waals surface area contributed by atoms with Crippen LogP contribution >= 0.6 is 33.2 Å². The van der Waals surface area contributed by atoms with Gasteiger partial charge in [0, 0.05) is 48.3 Å². The number of aryl methyl sites for hydroxylation is 1. The number of amides is 11. The molecule has 1 aliphatic heterocycles. The lowest BCUT2D eigenvalue weighted by atomic mass is 10.00. The zero-order chi connectivity index (χ0) is 64.5. The van der Waals surface area contributed by atoms with Crippen molar-refractivity contribution in [3.05, 3.63) is 130 Å². The molecule has 1 heterocycles. The second kappa shape index (κ2) is 35.4. The molecule has 1 fully saturated rings. The molecule has 0 bridgehead atoms. The molecule has 11 amide bonds. The van der Waals surface area contributed by atoms with Crippen LogP contribution in [0.1, 0.15) is 72.1 Å². The maximum Gasteiger partial charge on any atom is 0.248 e. The van der Waals surface area contributed by atoms with E-state index < -0.39 is 126 Å². The van der Waals surface area contributed by atoms with Crippen molar-refractivity contribution in [2.45, 2.75) is 120 Å². The minimum absolute atomic E-state index is 0.00223. The highest BCUT2D eigenvalue weighted by Gasteiger charge is 2.37. The number of phenols is 2. The van der Waals surface area contributed by atoms with Gasteiger partial charge in [0.15, 0.2) is 0 Å². The minimum atomic E-state index is -1.79. The average Bonchev–Trinajstić information content (AvgIpc) is 3.51. The lowest BCUT2D eigenvalue weighted by Gasteiger charge is -2.29. The Morgan fingerprint density at radius 2 is 1.18 bits per heavy atom. The van der Waals surface area contributed by atoms with Crippen LogP contribution in [-0.2, 0) is 73.6 Å². The van der Waals surface area contributed by atoms with Gasteiger partial charge in [-0.15, -0.1) is 0 Å². The second-order valence-electron chi connectivity index (χ2n) is 20.9. The molecule has 29 heteroatoms. The lowest BCUT2D eigenvalue weighted by Crippen LogP contribution is -2.62. The van der Waals surface area contributed by atoms with Gasteiger partial charge in [0.2, 0.25) is 65.0 Å². The maximum absolute atomic E-state index is 15.0. The van der Waals surface area contributed by atoms with Crippen molar-refractivity contribution in [2.75, 3.05) is 31.6 Å². The number of unbranched alkanes of at least 4 members (excludes halogenated alkanes) is 1. The van der Waals surface area contributed by atoms with Crippen LogP contribution in [-0.4, -0.2) is 166 Å². The largest absolute Gasteiger partial charge is 0.508 e. The summed E-state index contributed by atoms with van der Waals surface area (Å²) in [7, 11) is 3.52. The number of rotatable bonds is 24. The van der Waals surface area contributed by atoms with Gasteiger partial charge in [-0.2, -0.15) is 0 Å². The van der Waals surface area contributed by atoms with Crippen molar-refractivity contribution < 1.29 is 68.1 Å². The summed E-state index contributed by atoms with van der Waals surface area (Å²) in [5.74, 6) is -10.6. The maximum atomic E-state index is 15.0. The highest BCUT2D eigenvalue weighted by atomic mass is 35.5. The Bertz CT molecular complexity index is 3070. The van der Waals surface area contributed by atoms with E-state index in [1.165, 1.54) is 74.5 Å². The predicted molar refractivity (Wildman–Crippen MR) is 330 cm³/mol. The van der Waals surface area contributed by atoms with Crippen molar-refractivity contribution in [2.24, 2.45) is 11.5 Å². The zero-order valence-electron chi connectivity index (χ0n) is 48.6. The van der Waals surface area contributed by atoms with E-state index in [-0.39, 0.29) is 67.1 Å². The normalized spacial score (nSPS) is 19.9. The average molecular weight is 1280 g/mol. The third-order valence-corrected chi connectivity index (χ3v) is 16.5. The summed E-state index contributed by atoms with van der Waals surface area (Å²) < 4.78 is 0. The Labute approximate surface area is 521 Å². The summed E-state index contributed by atoms with van der Waals surface area (Å²) in [6.07, 6.45) is -1.39. The number of halogens is 1. The van der Waals surface area contributed by atoms with Crippen LogP contribution in [0.15, 0.2) is 97.1 Å². The van der Waals surface area contributed by atoms with E-state index in [9.17, 15) is 68.1 Å². The molecule has 0 aromatic heterocycles. The number of hydrogen-bond acceptors (Lipinski definition) is 17. The molecule has 4 aromatic rings. The summed E-state index contributed by atoms with van der Waals surface area (Å²) in [5.41, 5.74) is 13.4. The Morgan fingerprint density at radius 3 is 1.74 bits per heavy atom. The molecule has 0 aliphatic carbocycles. The highest BCUT2D eigenvalue weighted by molar-refractivity contribution is 8.76. The summed E-state index contributed by atoms with van der Waals surface area (Å²) >= 11 is 6.15.